The Morgan fingerprint density at radius 1 is 1.33 bits per heavy atom. The van der Waals surface area contributed by atoms with Gasteiger partial charge >= 0.3 is 0 Å². The van der Waals surface area contributed by atoms with Gasteiger partial charge in [-0.05, 0) is 19.1 Å². The zero-order chi connectivity index (χ0) is 12.5. The van der Waals surface area contributed by atoms with Crippen LogP contribution < -0.4 is 0 Å². The van der Waals surface area contributed by atoms with E-state index in [4.69, 9.17) is 4.42 Å². The molecule has 2 aromatic heterocycles. The smallest absolute Gasteiger partial charge is 0.214 e. The predicted octanol–water partition coefficient (Wildman–Crippen LogP) is 2.88. The van der Waals surface area contributed by atoms with Crippen molar-refractivity contribution in [2.24, 2.45) is 0 Å². The highest BCUT2D eigenvalue weighted by Crippen LogP contribution is 2.23. The molecule has 3 aromatic rings. The van der Waals surface area contributed by atoms with E-state index in [0.717, 1.165) is 11.0 Å². The third-order valence-electron chi connectivity index (χ3n) is 2.97. The van der Waals surface area contributed by atoms with E-state index < -0.39 is 0 Å². The topological polar surface area (TPSA) is 48.0 Å². The normalized spacial score (nSPS) is 10.9. The van der Waals surface area contributed by atoms with Gasteiger partial charge < -0.3 is 4.42 Å². The Kier molecular flexibility index (Phi) is 2.48. The summed E-state index contributed by atoms with van der Waals surface area (Å²) in [6, 6.07) is 9.25. The van der Waals surface area contributed by atoms with E-state index in [1.54, 1.807) is 16.9 Å². The summed E-state index contributed by atoms with van der Waals surface area (Å²) < 4.78 is 7.08. The number of hydrogen-bond acceptors (Lipinski definition) is 3. The number of nitrogens with zero attached hydrogens (tertiary/aromatic N) is 2. The van der Waals surface area contributed by atoms with E-state index in [1.165, 1.54) is 6.26 Å². The summed E-state index contributed by atoms with van der Waals surface area (Å²) in [6.07, 6.45) is 3.15. The minimum absolute atomic E-state index is 0.0562. The Hall–Kier alpha value is -2.36. The first-order valence-electron chi connectivity index (χ1n) is 5.84. The number of ketones is 1. The van der Waals surface area contributed by atoms with Crippen LogP contribution in [0.2, 0.25) is 0 Å². The van der Waals surface area contributed by atoms with Crippen molar-refractivity contribution in [2.45, 2.75) is 13.5 Å². The first-order chi connectivity index (χ1) is 8.81. The maximum absolute atomic E-state index is 12.4. The van der Waals surface area contributed by atoms with Crippen molar-refractivity contribution in [3.05, 3.63) is 54.0 Å². The molecule has 0 amide bonds. The first-order valence-corrected chi connectivity index (χ1v) is 5.84. The minimum Gasteiger partial charge on any atom is -0.464 e. The summed E-state index contributed by atoms with van der Waals surface area (Å²) in [7, 11) is 0. The average molecular weight is 240 g/mol. The van der Waals surface area contributed by atoms with E-state index in [1.807, 2.05) is 31.2 Å². The van der Waals surface area contributed by atoms with E-state index in [9.17, 15) is 4.79 Å². The molecule has 0 radical (unpaired) electrons. The number of hydrogen-bond donors (Lipinski definition) is 0. The molecule has 0 bridgehead atoms. The highest BCUT2D eigenvalue weighted by atomic mass is 16.3. The standard InChI is InChI=1S/C14H12N2O2/c1-2-16-12(7-8-15-16)14(17)11-9-18-13-6-4-3-5-10(11)13/h3-9H,2H2,1H3. The van der Waals surface area contributed by atoms with Gasteiger partial charge in [0.05, 0.1) is 5.56 Å². The Morgan fingerprint density at radius 3 is 3.00 bits per heavy atom. The average Bonchev–Trinajstić information content (AvgIpc) is 3.04. The van der Waals surface area contributed by atoms with Gasteiger partial charge in [0, 0.05) is 18.1 Å². The summed E-state index contributed by atoms with van der Waals surface area (Å²) in [5, 5.41) is 4.95. The number of aromatic nitrogens is 2. The van der Waals surface area contributed by atoms with Crippen LogP contribution >= 0.6 is 0 Å². The number of carbonyl (C=O) groups is 1. The summed E-state index contributed by atoms with van der Waals surface area (Å²) in [6.45, 7) is 2.63. The highest BCUT2D eigenvalue weighted by Gasteiger charge is 2.18. The van der Waals surface area contributed by atoms with E-state index >= 15 is 0 Å². The number of benzene rings is 1. The second-order valence-corrected chi connectivity index (χ2v) is 4.01. The molecule has 1 aromatic carbocycles. The molecule has 0 aliphatic heterocycles. The quantitative estimate of drug-likeness (QED) is 0.661. The number of rotatable bonds is 3. The van der Waals surface area contributed by atoms with Gasteiger partial charge in [0.1, 0.15) is 17.5 Å². The number of furan rings is 1. The molecular weight excluding hydrogens is 228 g/mol. The zero-order valence-electron chi connectivity index (χ0n) is 9.96. The van der Waals surface area contributed by atoms with Gasteiger partial charge in [0.25, 0.3) is 0 Å². The number of carbonyl (C=O) groups excluding carboxylic acids is 1. The van der Waals surface area contributed by atoms with Gasteiger partial charge in [-0.25, -0.2) is 0 Å². The van der Waals surface area contributed by atoms with Crippen LogP contribution in [0.5, 0.6) is 0 Å². The van der Waals surface area contributed by atoms with Crippen LogP contribution in [0.1, 0.15) is 23.0 Å². The Labute approximate surface area is 104 Å². The molecular formula is C14H12N2O2. The van der Waals surface area contributed by atoms with Gasteiger partial charge in [-0.3, -0.25) is 9.48 Å². The molecule has 90 valence electrons. The third-order valence-corrected chi connectivity index (χ3v) is 2.97. The fourth-order valence-electron chi connectivity index (χ4n) is 2.07. The second kappa shape index (κ2) is 4.14. The Balaban J connectivity index is 2.13. The zero-order valence-corrected chi connectivity index (χ0v) is 9.96. The molecule has 3 rings (SSSR count). The third kappa shape index (κ3) is 1.54. The van der Waals surface area contributed by atoms with Crippen molar-refractivity contribution in [1.82, 2.24) is 9.78 Å². The highest BCUT2D eigenvalue weighted by molar-refractivity contribution is 6.15. The first kappa shape index (κ1) is 10.8. The Morgan fingerprint density at radius 2 is 2.17 bits per heavy atom. The minimum atomic E-state index is -0.0562. The SMILES string of the molecule is CCn1nccc1C(=O)c1coc2ccccc12. The molecule has 0 aliphatic carbocycles. The van der Waals surface area contributed by atoms with Crippen LogP contribution in [0.25, 0.3) is 11.0 Å². The maximum atomic E-state index is 12.4. The van der Waals surface area contributed by atoms with Gasteiger partial charge in [0.15, 0.2) is 0 Å². The molecule has 4 heteroatoms. The van der Waals surface area contributed by atoms with Crippen LogP contribution in [0.3, 0.4) is 0 Å². The number of fused-ring (bicyclic) bond motifs is 1. The lowest BCUT2D eigenvalue weighted by Gasteiger charge is -2.02. The molecule has 0 aliphatic rings. The van der Waals surface area contributed by atoms with Crippen molar-refractivity contribution in [3.63, 3.8) is 0 Å². The fourth-order valence-corrected chi connectivity index (χ4v) is 2.07. The lowest BCUT2D eigenvalue weighted by Crippen LogP contribution is -2.10. The molecule has 4 nitrogen and oxygen atoms in total. The van der Waals surface area contributed by atoms with Crippen molar-refractivity contribution >= 4 is 16.8 Å². The van der Waals surface area contributed by atoms with E-state index in [2.05, 4.69) is 5.10 Å². The number of aryl methyl sites for hydroxylation is 1. The molecule has 0 atom stereocenters. The fraction of sp³-hybridized carbons (Fsp3) is 0.143. The molecule has 0 saturated heterocycles. The van der Waals surface area contributed by atoms with Crippen LogP contribution in [-0.2, 0) is 6.54 Å². The van der Waals surface area contributed by atoms with Crippen molar-refractivity contribution in [2.75, 3.05) is 0 Å². The Bertz CT molecular complexity index is 709. The molecule has 0 spiro atoms. The molecule has 2 heterocycles. The molecule has 0 unspecified atom stereocenters. The van der Waals surface area contributed by atoms with Gasteiger partial charge in [-0.1, -0.05) is 18.2 Å². The molecule has 0 fully saturated rings. The summed E-state index contributed by atoms with van der Waals surface area (Å²) in [5.41, 5.74) is 1.90. The summed E-state index contributed by atoms with van der Waals surface area (Å²) >= 11 is 0. The van der Waals surface area contributed by atoms with Crippen LogP contribution in [-0.4, -0.2) is 15.6 Å². The van der Waals surface area contributed by atoms with Crippen LogP contribution in [0, 0.1) is 0 Å². The van der Waals surface area contributed by atoms with Crippen LogP contribution in [0.15, 0.2) is 47.2 Å². The maximum Gasteiger partial charge on any atom is 0.214 e. The van der Waals surface area contributed by atoms with Gasteiger partial charge in [-0.2, -0.15) is 5.10 Å². The lowest BCUT2D eigenvalue weighted by molar-refractivity contribution is 0.103. The molecule has 18 heavy (non-hydrogen) atoms. The van der Waals surface area contributed by atoms with Crippen molar-refractivity contribution < 1.29 is 9.21 Å². The van der Waals surface area contributed by atoms with Crippen molar-refractivity contribution in [1.29, 1.82) is 0 Å². The molecule has 0 N–H and O–H groups in total. The molecule has 0 saturated carbocycles. The number of para-hydroxylation sites is 1. The largest absolute Gasteiger partial charge is 0.464 e. The van der Waals surface area contributed by atoms with E-state index in [-0.39, 0.29) is 5.78 Å². The summed E-state index contributed by atoms with van der Waals surface area (Å²) in [5.74, 6) is -0.0562. The lowest BCUT2D eigenvalue weighted by atomic mass is 10.1. The second-order valence-electron chi connectivity index (χ2n) is 4.01. The van der Waals surface area contributed by atoms with Gasteiger partial charge in [-0.15, -0.1) is 0 Å². The monoisotopic (exact) mass is 240 g/mol. The van der Waals surface area contributed by atoms with E-state index in [0.29, 0.717) is 17.8 Å². The summed E-state index contributed by atoms with van der Waals surface area (Å²) in [4.78, 5) is 12.4. The predicted molar refractivity (Wildman–Crippen MR) is 67.5 cm³/mol. The van der Waals surface area contributed by atoms with Crippen LogP contribution in [0.4, 0.5) is 0 Å². The van der Waals surface area contributed by atoms with Gasteiger partial charge in [0.2, 0.25) is 5.78 Å². The van der Waals surface area contributed by atoms with Crippen molar-refractivity contribution in [3.8, 4) is 0 Å².